The summed E-state index contributed by atoms with van der Waals surface area (Å²) in [6.07, 6.45) is 0. The molecule has 8 nitrogen and oxygen atoms in total. The number of halogens is 1. The minimum Gasteiger partial charge on any atom is -0.334 e. The Bertz CT molecular complexity index is 706. The minimum atomic E-state index is -0.527. The van der Waals surface area contributed by atoms with Crippen LogP contribution in [0.2, 0.25) is 0 Å². The Labute approximate surface area is 129 Å². The number of anilines is 3. The van der Waals surface area contributed by atoms with Gasteiger partial charge in [0.15, 0.2) is 0 Å². The summed E-state index contributed by atoms with van der Waals surface area (Å²) in [7, 11) is 0. The van der Waals surface area contributed by atoms with Gasteiger partial charge in [-0.05, 0) is 31.5 Å². The lowest BCUT2D eigenvalue weighted by Crippen LogP contribution is -2.13. The maximum Gasteiger partial charge on any atom is 0.332 e. The van der Waals surface area contributed by atoms with Crippen LogP contribution < -0.4 is 16.6 Å². The molecule has 0 saturated carbocycles. The molecule has 0 saturated heterocycles. The Morgan fingerprint density at radius 2 is 2.05 bits per heavy atom. The SMILES string of the molecule is Cc1ccc(Nc2nc(NN)nc(C)c2[N+](=O)[O-])cc1Br. The van der Waals surface area contributed by atoms with E-state index in [4.69, 9.17) is 5.84 Å². The van der Waals surface area contributed by atoms with Gasteiger partial charge in [0.2, 0.25) is 11.8 Å². The number of aromatic nitrogens is 2. The van der Waals surface area contributed by atoms with Crippen molar-refractivity contribution < 1.29 is 4.92 Å². The number of hydrogen-bond donors (Lipinski definition) is 3. The Hall–Kier alpha value is -2.26. The van der Waals surface area contributed by atoms with Crippen LogP contribution in [-0.2, 0) is 0 Å². The molecule has 0 amide bonds. The quantitative estimate of drug-likeness (QED) is 0.439. The number of nitro groups is 1. The molecule has 1 aromatic heterocycles. The van der Waals surface area contributed by atoms with Crippen LogP contribution in [0.3, 0.4) is 0 Å². The smallest absolute Gasteiger partial charge is 0.332 e. The van der Waals surface area contributed by atoms with Crippen molar-refractivity contribution >= 4 is 39.1 Å². The highest BCUT2D eigenvalue weighted by Crippen LogP contribution is 2.30. The third kappa shape index (κ3) is 3.26. The first kappa shape index (κ1) is 15.1. The van der Waals surface area contributed by atoms with E-state index >= 15 is 0 Å². The number of hydrogen-bond acceptors (Lipinski definition) is 7. The first-order valence-electron chi connectivity index (χ1n) is 5.95. The number of nitrogen functional groups attached to an aromatic ring is 1. The van der Waals surface area contributed by atoms with E-state index in [1.54, 1.807) is 6.07 Å². The van der Waals surface area contributed by atoms with Crippen molar-refractivity contribution in [1.82, 2.24) is 9.97 Å². The molecule has 0 aliphatic carbocycles. The number of benzene rings is 1. The molecule has 0 bridgehead atoms. The molecule has 0 aliphatic rings. The van der Waals surface area contributed by atoms with Gasteiger partial charge < -0.3 is 5.32 Å². The summed E-state index contributed by atoms with van der Waals surface area (Å²) in [5, 5.41) is 14.1. The van der Waals surface area contributed by atoms with E-state index in [-0.39, 0.29) is 23.1 Å². The second-order valence-electron chi connectivity index (χ2n) is 4.32. The maximum atomic E-state index is 11.2. The largest absolute Gasteiger partial charge is 0.334 e. The van der Waals surface area contributed by atoms with E-state index in [1.165, 1.54) is 6.92 Å². The minimum absolute atomic E-state index is 0.0798. The molecule has 2 rings (SSSR count). The van der Waals surface area contributed by atoms with E-state index < -0.39 is 4.92 Å². The normalized spacial score (nSPS) is 10.3. The lowest BCUT2D eigenvalue weighted by Gasteiger charge is -2.10. The number of rotatable bonds is 4. The van der Waals surface area contributed by atoms with Gasteiger partial charge in [-0.2, -0.15) is 4.98 Å². The summed E-state index contributed by atoms with van der Waals surface area (Å²) in [5.74, 6) is 5.45. The van der Waals surface area contributed by atoms with Gasteiger partial charge in [-0.25, -0.2) is 10.8 Å². The van der Waals surface area contributed by atoms with Gasteiger partial charge in [0.25, 0.3) is 0 Å². The highest BCUT2D eigenvalue weighted by atomic mass is 79.9. The second-order valence-corrected chi connectivity index (χ2v) is 5.17. The lowest BCUT2D eigenvalue weighted by atomic mass is 10.2. The molecule has 1 heterocycles. The Kier molecular flexibility index (Phi) is 4.34. The monoisotopic (exact) mass is 352 g/mol. The topological polar surface area (TPSA) is 119 Å². The van der Waals surface area contributed by atoms with Crippen molar-refractivity contribution in [1.29, 1.82) is 0 Å². The molecule has 4 N–H and O–H groups in total. The van der Waals surface area contributed by atoms with Crippen LogP contribution in [0.1, 0.15) is 11.3 Å². The van der Waals surface area contributed by atoms with Gasteiger partial charge in [-0.1, -0.05) is 22.0 Å². The first-order chi connectivity index (χ1) is 9.92. The molecule has 2 aromatic rings. The van der Waals surface area contributed by atoms with Crippen LogP contribution in [0.5, 0.6) is 0 Å². The molecule has 0 fully saturated rings. The molecular weight excluding hydrogens is 340 g/mol. The summed E-state index contributed by atoms with van der Waals surface area (Å²) >= 11 is 3.41. The van der Waals surface area contributed by atoms with E-state index in [0.717, 1.165) is 10.0 Å². The third-order valence-electron chi connectivity index (χ3n) is 2.80. The van der Waals surface area contributed by atoms with Crippen molar-refractivity contribution in [3.63, 3.8) is 0 Å². The molecule has 110 valence electrons. The van der Waals surface area contributed by atoms with Crippen LogP contribution in [0.15, 0.2) is 22.7 Å². The number of aryl methyl sites for hydroxylation is 2. The summed E-state index contributed by atoms with van der Waals surface area (Å²) in [4.78, 5) is 18.6. The zero-order valence-corrected chi connectivity index (χ0v) is 12.9. The fourth-order valence-electron chi connectivity index (χ4n) is 1.74. The third-order valence-corrected chi connectivity index (χ3v) is 3.66. The maximum absolute atomic E-state index is 11.2. The molecule has 0 spiro atoms. The molecule has 9 heteroatoms. The second kappa shape index (κ2) is 6.02. The first-order valence-corrected chi connectivity index (χ1v) is 6.74. The highest BCUT2D eigenvalue weighted by Gasteiger charge is 2.22. The van der Waals surface area contributed by atoms with Crippen LogP contribution >= 0.6 is 15.9 Å². The Morgan fingerprint density at radius 3 is 2.62 bits per heavy atom. The molecule has 0 atom stereocenters. The fourth-order valence-corrected chi connectivity index (χ4v) is 2.12. The summed E-state index contributed by atoms with van der Waals surface area (Å²) in [6, 6.07) is 5.50. The van der Waals surface area contributed by atoms with Crippen molar-refractivity contribution in [3.8, 4) is 0 Å². The van der Waals surface area contributed by atoms with Gasteiger partial charge in [-0.3, -0.25) is 15.5 Å². The Morgan fingerprint density at radius 1 is 1.33 bits per heavy atom. The van der Waals surface area contributed by atoms with Gasteiger partial charge >= 0.3 is 5.69 Å². The van der Waals surface area contributed by atoms with Crippen LogP contribution in [-0.4, -0.2) is 14.9 Å². The van der Waals surface area contributed by atoms with E-state index in [2.05, 4.69) is 36.6 Å². The van der Waals surface area contributed by atoms with E-state index in [9.17, 15) is 10.1 Å². The number of nitrogens with zero attached hydrogens (tertiary/aromatic N) is 3. The van der Waals surface area contributed by atoms with Gasteiger partial charge in [0.05, 0.1) is 4.92 Å². The summed E-state index contributed by atoms with van der Waals surface area (Å²) < 4.78 is 0.887. The molecule has 0 unspecified atom stereocenters. The number of nitrogens with one attached hydrogen (secondary N) is 2. The predicted octanol–water partition coefficient (Wildman–Crippen LogP) is 2.79. The standard InChI is InChI=1S/C12H13BrN6O2/c1-6-3-4-8(5-9(6)13)16-11-10(19(20)21)7(2)15-12(17-11)18-14/h3-5H,14H2,1-2H3,(H2,15,16,17,18). The van der Waals surface area contributed by atoms with Crippen molar-refractivity contribution in [2.45, 2.75) is 13.8 Å². The highest BCUT2D eigenvalue weighted by molar-refractivity contribution is 9.10. The average molecular weight is 353 g/mol. The fraction of sp³-hybridized carbons (Fsp3) is 0.167. The van der Waals surface area contributed by atoms with E-state index in [0.29, 0.717) is 5.69 Å². The summed E-state index contributed by atoms with van der Waals surface area (Å²) in [5.41, 5.74) is 4.03. The van der Waals surface area contributed by atoms with Crippen molar-refractivity contribution in [3.05, 3.63) is 44.0 Å². The molecule has 0 aliphatic heterocycles. The van der Waals surface area contributed by atoms with Crippen LogP contribution in [0.25, 0.3) is 0 Å². The Balaban J connectivity index is 2.48. The van der Waals surface area contributed by atoms with Gasteiger partial charge in [0.1, 0.15) is 5.69 Å². The zero-order valence-electron chi connectivity index (χ0n) is 11.3. The molecule has 21 heavy (non-hydrogen) atoms. The number of nitrogens with two attached hydrogens (primary N) is 1. The van der Waals surface area contributed by atoms with Crippen LogP contribution in [0.4, 0.5) is 23.1 Å². The van der Waals surface area contributed by atoms with Crippen molar-refractivity contribution in [2.75, 3.05) is 10.7 Å². The molecule has 1 aromatic carbocycles. The zero-order chi connectivity index (χ0) is 15.6. The predicted molar refractivity (Wildman–Crippen MR) is 83.4 cm³/mol. The molecular formula is C12H13BrN6O2. The van der Waals surface area contributed by atoms with Crippen molar-refractivity contribution in [2.24, 2.45) is 5.84 Å². The summed E-state index contributed by atoms with van der Waals surface area (Å²) in [6.45, 7) is 3.47. The van der Waals surface area contributed by atoms with Gasteiger partial charge in [-0.15, -0.1) is 0 Å². The molecule has 0 radical (unpaired) electrons. The number of hydrazine groups is 1. The van der Waals surface area contributed by atoms with Crippen LogP contribution in [0, 0.1) is 24.0 Å². The lowest BCUT2D eigenvalue weighted by molar-refractivity contribution is -0.385. The van der Waals surface area contributed by atoms with Gasteiger partial charge in [0, 0.05) is 10.2 Å². The van der Waals surface area contributed by atoms with E-state index in [1.807, 2.05) is 19.1 Å². The average Bonchev–Trinajstić information content (AvgIpc) is 2.41.